The van der Waals surface area contributed by atoms with E-state index in [1.165, 1.54) is 6.20 Å². The van der Waals surface area contributed by atoms with Crippen molar-refractivity contribution in [2.75, 3.05) is 0 Å². The van der Waals surface area contributed by atoms with Crippen molar-refractivity contribution < 1.29 is 0 Å². The molecule has 0 fully saturated rings. The second kappa shape index (κ2) is 5.01. The van der Waals surface area contributed by atoms with Crippen LogP contribution in [-0.2, 0) is 0 Å². The predicted molar refractivity (Wildman–Crippen MR) is 80.3 cm³/mol. The molecule has 0 unspecified atom stereocenters. The van der Waals surface area contributed by atoms with Gasteiger partial charge in [-0.15, -0.1) is 0 Å². The average molecular weight is 338 g/mol. The molecule has 0 saturated carbocycles. The lowest BCUT2D eigenvalue weighted by Gasteiger charge is -2.09. The molecule has 0 amide bonds. The second-order valence-corrected chi connectivity index (χ2v) is 5.36. The smallest absolute Gasteiger partial charge is 0.173 e. The molecule has 3 aromatic rings. The number of benzene rings is 1. The fourth-order valence-corrected chi connectivity index (χ4v) is 2.46. The third-order valence-corrected chi connectivity index (χ3v) is 3.71. The Labute approximate surface area is 129 Å². The molecule has 6 heteroatoms. The van der Waals surface area contributed by atoms with Gasteiger partial charge >= 0.3 is 0 Å². The highest BCUT2D eigenvalue weighted by Crippen LogP contribution is 2.27. The van der Waals surface area contributed by atoms with E-state index in [0.29, 0.717) is 28.2 Å². The van der Waals surface area contributed by atoms with Gasteiger partial charge in [0.1, 0.15) is 17.7 Å². The highest BCUT2D eigenvalue weighted by Gasteiger charge is 2.17. The van der Waals surface area contributed by atoms with E-state index in [9.17, 15) is 5.26 Å². The molecule has 0 bridgehead atoms. The zero-order valence-corrected chi connectivity index (χ0v) is 12.6. The van der Waals surface area contributed by atoms with E-state index in [4.69, 9.17) is 5.26 Å². The molecule has 0 aliphatic rings. The summed E-state index contributed by atoms with van der Waals surface area (Å²) in [5.74, 6) is 0. The molecule has 5 nitrogen and oxygen atoms in total. The average Bonchev–Trinajstić information content (AvgIpc) is 2.89. The Kier molecular flexibility index (Phi) is 3.17. The van der Waals surface area contributed by atoms with Crippen molar-refractivity contribution >= 4 is 21.6 Å². The van der Waals surface area contributed by atoms with E-state index in [-0.39, 0.29) is 0 Å². The molecular formula is C15H8BrN5. The van der Waals surface area contributed by atoms with Gasteiger partial charge in [0.25, 0.3) is 0 Å². The molecule has 3 rings (SSSR count). The summed E-state index contributed by atoms with van der Waals surface area (Å²) in [6.45, 7) is 1.76. The van der Waals surface area contributed by atoms with Crippen molar-refractivity contribution in [3.63, 3.8) is 0 Å². The molecule has 2 heterocycles. The van der Waals surface area contributed by atoms with Crippen molar-refractivity contribution in [1.82, 2.24) is 14.6 Å². The van der Waals surface area contributed by atoms with Gasteiger partial charge in [0.15, 0.2) is 5.65 Å². The van der Waals surface area contributed by atoms with Gasteiger partial charge in [-0.1, -0.05) is 28.1 Å². The summed E-state index contributed by atoms with van der Waals surface area (Å²) in [4.78, 5) is 4.33. The molecule has 0 N–H and O–H groups in total. The summed E-state index contributed by atoms with van der Waals surface area (Å²) >= 11 is 3.39. The number of hydrogen-bond donors (Lipinski definition) is 0. The van der Waals surface area contributed by atoms with Crippen LogP contribution in [0.4, 0.5) is 0 Å². The lowest BCUT2D eigenvalue weighted by Crippen LogP contribution is -2.03. The third-order valence-electron chi connectivity index (χ3n) is 3.18. The van der Waals surface area contributed by atoms with Crippen molar-refractivity contribution in [2.24, 2.45) is 0 Å². The van der Waals surface area contributed by atoms with Crippen LogP contribution in [0.1, 0.15) is 16.8 Å². The van der Waals surface area contributed by atoms with Gasteiger partial charge in [-0.2, -0.15) is 15.6 Å². The fraction of sp³-hybridized carbons (Fsp3) is 0.0667. The van der Waals surface area contributed by atoms with Crippen molar-refractivity contribution in [3.8, 4) is 23.4 Å². The van der Waals surface area contributed by atoms with Crippen LogP contribution in [-0.4, -0.2) is 14.6 Å². The van der Waals surface area contributed by atoms with Crippen LogP contribution in [0.15, 0.2) is 34.9 Å². The minimum absolute atomic E-state index is 0.390. The topological polar surface area (TPSA) is 77.8 Å². The summed E-state index contributed by atoms with van der Waals surface area (Å²) in [6.07, 6.45) is 1.46. The summed E-state index contributed by atoms with van der Waals surface area (Å²) in [7, 11) is 0. The zero-order chi connectivity index (χ0) is 15.0. The van der Waals surface area contributed by atoms with E-state index in [1.807, 2.05) is 24.3 Å². The number of fused-ring (bicyclic) bond motifs is 1. The lowest BCUT2D eigenvalue weighted by molar-refractivity contribution is 0.932. The molecule has 2 aromatic heterocycles. The Morgan fingerprint density at radius 2 is 1.86 bits per heavy atom. The summed E-state index contributed by atoms with van der Waals surface area (Å²) < 4.78 is 2.50. The zero-order valence-electron chi connectivity index (χ0n) is 11.0. The van der Waals surface area contributed by atoms with E-state index in [1.54, 1.807) is 11.4 Å². The first-order valence-electron chi connectivity index (χ1n) is 6.10. The first-order chi connectivity index (χ1) is 10.2. The van der Waals surface area contributed by atoms with Crippen molar-refractivity contribution in [1.29, 1.82) is 10.5 Å². The van der Waals surface area contributed by atoms with Gasteiger partial charge in [0, 0.05) is 10.0 Å². The monoisotopic (exact) mass is 337 g/mol. The standard InChI is InChI=1S/C15H8BrN5/c1-9-13(7-18)14(10-2-4-12(16)5-3-10)21-15(20-9)11(6-17)8-19-21/h2-5,8H,1H3. The van der Waals surface area contributed by atoms with E-state index < -0.39 is 0 Å². The van der Waals surface area contributed by atoms with Gasteiger partial charge in [0.05, 0.1) is 23.1 Å². The molecular weight excluding hydrogens is 330 g/mol. The third kappa shape index (κ3) is 2.06. The van der Waals surface area contributed by atoms with Crippen LogP contribution in [0.2, 0.25) is 0 Å². The molecule has 0 aliphatic carbocycles. The molecule has 100 valence electrons. The normalized spacial score (nSPS) is 10.3. The largest absolute Gasteiger partial charge is 0.231 e. The van der Waals surface area contributed by atoms with Crippen LogP contribution in [0.3, 0.4) is 0 Å². The van der Waals surface area contributed by atoms with Crippen LogP contribution in [0.25, 0.3) is 16.9 Å². The van der Waals surface area contributed by atoms with Gasteiger partial charge in [0.2, 0.25) is 0 Å². The number of nitriles is 2. The molecule has 0 atom stereocenters. The number of rotatable bonds is 1. The number of aromatic nitrogens is 3. The molecule has 0 aliphatic heterocycles. The van der Waals surface area contributed by atoms with Crippen LogP contribution < -0.4 is 0 Å². The van der Waals surface area contributed by atoms with Gasteiger partial charge in [-0.25, -0.2) is 9.50 Å². The number of aryl methyl sites for hydroxylation is 1. The van der Waals surface area contributed by atoms with Crippen molar-refractivity contribution in [3.05, 3.63) is 51.8 Å². The van der Waals surface area contributed by atoms with E-state index >= 15 is 0 Å². The van der Waals surface area contributed by atoms with Crippen LogP contribution in [0, 0.1) is 29.6 Å². The Hall–Kier alpha value is -2.70. The first kappa shape index (κ1) is 13.3. The summed E-state index contributed by atoms with van der Waals surface area (Å²) in [5.41, 5.74) is 3.39. The maximum absolute atomic E-state index is 9.43. The maximum Gasteiger partial charge on any atom is 0.173 e. The van der Waals surface area contributed by atoms with Gasteiger partial charge in [-0.05, 0) is 19.1 Å². The number of halogens is 1. The molecule has 1 aromatic carbocycles. The minimum Gasteiger partial charge on any atom is -0.231 e. The Morgan fingerprint density at radius 3 is 2.48 bits per heavy atom. The van der Waals surface area contributed by atoms with Gasteiger partial charge < -0.3 is 0 Å². The first-order valence-corrected chi connectivity index (χ1v) is 6.89. The van der Waals surface area contributed by atoms with E-state index in [2.05, 4.69) is 38.2 Å². The molecule has 0 radical (unpaired) electrons. The second-order valence-electron chi connectivity index (χ2n) is 4.44. The molecule has 21 heavy (non-hydrogen) atoms. The highest BCUT2D eigenvalue weighted by atomic mass is 79.9. The van der Waals surface area contributed by atoms with Crippen molar-refractivity contribution in [2.45, 2.75) is 6.92 Å². The maximum atomic E-state index is 9.43. The Bertz CT molecular complexity index is 926. The van der Waals surface area contributed by atoms with Gasteiger partial charge in [-0.3, -0.25) is 0 Å². The Morgan fingerprint density at radius 1 is 1.14 bits per heavy atom. The fourth-order valence-electron chi connectivity index (χ4n) is 2.19. The lowest BCUT2D eigenvalue weighted by atomic mass is 10.1. The predicted octanol–water partition coefficient (Wildman–Crippen LogP) is 3.21. The van der Waals surface area contributed by atoms with E-state index in [0.717, 1.165) is 10.0 Å². The molecule has 0 spiro atoms. The molecule has 0 saturated heterocycles. The minimum atomic E-state index is 0.390. The highest BCUT2D eigenvalue weighted by molar-refractivity contribution is 9.10. The van der Waals surface area contributed by atoms with Crippen LogP contribution in [0.5, 0.6) is 0 Å². The van der Waals surface area contributed by atoms with Crippen LogP contribution >= 0.6 is 15.9 Å². The SMILES string of the molecule is Cc1nc2c(C#N)cnn2c(-c2ccc(Br)cc2)c1C#N. The summed E-state index contributed by atoms with van der Waals surface area (Å²) in [5, 5.41) is 22.8. The number of nitrogens with zero attached hydrogens (tertiary/aromatic N) is 5. The Balaban J connectivity index is 2.44. The summed E-state index contributed by atoms with van der Waals surface area (Å²) in [6, 6.07) is 11.8. The number of hydrogen-bond acceptors (Lipinski definition) is 4. The quantitative estimate of drug-likeness (QED) is 0.683.